The molecule has 8 nitrogen and oxygen atoms in total. The van der Waals surface area contributed by atoms with Crippen LogP contribution in [0.25, 0.3) is 0 Å². The van der Waals surface area contributed by atoms with Crippen molar-refractivity contribution in [3.05, 3.63) is 77.2 Å². The predicted octanol–water partition coefficient (Wildman–Crippen LogP) is 4.19. The van der Waals surface area contributed by atoms with E-state index >= 15 is 0 Å². The molecule has 3 heterocycles. The quantitative estimate of drug-likeness (QED) is 0.563. The summed E-state index contributed by atoms with van der Waals surface area (Å²) in [6.07, 6.45) is 4.76. The second kappa shape index (κ2) is 9.87. The van der Waals surface area contributed by atoms with E-state index in [1.54, 1.807) is 24.3 Å². The van der Waals surface area contributed by atoms with Crippen molar-refractivity contribution in [2.75, 3.05) is 35.3 Å². The number of halogens is 1. The molecule has 0 atom stereocenters. The zero-order valence-corrected chi connectivity index (χ0v) is 18.9. The lowest BCUT2D eigenvalue weighted by Crippen LogP contribution is -2.44. The van der Waals surface area contributed by atoms with E-state index in [4.69, 9.17) is 11.6 Å². The van der Waals surface area contributed by atoms with Gasteiger partial charge in [0, 0.05) is 49.9 Å². The van der Waals surface area contributed by atoms with E-state index in [1.807, 2.05) is 31.3 Å². The number of aromatic carboxylic acids is 1. The lowest BCUT2D eigenvalue weighted by Gasteiger charge is -2.39. The molecular weight excluding hydrogens is 442 g/mol. The first-order valence-electron chi connectivity index (χ1n) is 10.6. The number of benzene rings is 1. The third kappa shape index (κ3) is 5.23. The summed E-state index contributed by atoms with van der Waals surface area (Å²) >= 11 is 5.87. The normalized spacial score (nSPS) is 14.1. The highest BCUT2D eigenvalue weighted by molar-refractivity contribution is 6.30. The summed E-state index contributed by atoms with van der Waals surface area (Å²) in [5.74, 6) is -0.828. The van der Waals surface area contributed by atoms with Crippen LogP contribution in [0, 0.1) is 0 Å². The van der Waals surface area contributed by atoms with Crippen LogP contribution >= 0.6 is 11.6 Å². The number of nitrogens with zero attached hydrogens (tertiary/aromatic N) is 4. The monoisotopic (exact) mass is 465 g/mol. The summed E-state index contributed by atoms with van der Waals surface area (Å²) in [7, 11) is 2.00. The molecule has 0 unspecified atom stereocenters. The summed E-state index contributed by atoms with van der Waals surface area (Å²) in [6, 6.07) is 14.5. The van der Waals surface area contributed by atoms with Gasteiger partial charge < -0.3 is 20.2 Å². The van der Waals surface area contributed by atoms with Gasteiger partial charge in [0.05, 0.1) is 10.6 Å². The molecule has 4 rings (SSSR count). The Hall–Kier alpha value is -3.65. The van der Waals surface area contributed by atoms with Crippen LogP contribution in [0.4, 0.5) is 17.2 Å². The number of amides is 1. The Morgan fingerprint density at radius 1 is 1.12 bits per heavy atom. The van der Waals surface area contributed by atoms with Gasteiger partial charge in [-0.2, -0.15) is 0 Å². The zero-order valence-electron chi connectivity index (χ0n) is 18.1. The summed E-state index contributed by atoms with van der Waals surface area (Å²) in [4.78, 5) is 36.5. The van der Waals surface area contributed by atoms with E-state index in [1.165, 1.54) is 12.4 Å². The van der Waals surface area contributed by atoms with Gasteiger partial charge in [0.2, 0.25) is 0 Å². The van der Waals surface area contributed by atoms with Crippen molar-refractivity contribution < 1.29 is 14.7 Å². The molecule has 1 aliphatic heterocycles. The number of carbonyl (C=O) groups excluding carboxylic acids is 1. The maximum atomic E-state index is 13.0. The molecule has 0 saturated carbocycles. The molecule has 0 spiro atoms. The maximum Gasteiger partial charge on any atom is 0.354 e. The van der Waals surface area contributed by atoms with Crippen LogP contribution in [0.5, 0.6) is 0 Å². The van der Waals surface area contributed by atoms with Crippen molar-refractivity contribution in [2.24, 2.45) is 0 Å². The Morgan fingerprint density at radius 2 is 1.88 bits per heavy atom. The lowest BCUT2D eigenvalue weighted by molar-refractivity contribution is 0.0690. The number of carboxylic acid groups (broad SMARTS) is 1. The zero-order chi connectivity index (χ0) is 23.4. The fourth-order valence-corrected chi connectivity index (χ4v) is 4.16. The van der Waals surface area contributed by atoms with E-state index in [-0.39, 0.29) is 17.6 Å². The van der Waals surface area contributed by atoms with E-state index in [9.17, 15) is 14.7 Å². The molecule has 2 aromatic heterocycles. The van der Waals surface area contributed by atoms with Gasteiger partial charge >= 0.3 is 5.97 Å². The van der Waals surface area contributed by atoms with Gasteiger partial charge in [-0.3, -0.25) is 4.79 Å². The minimum absolute atomic E-state index is 0.0434. The highest BCUT2D eigenvalue weighted by Crippen LogP contribution is 2.28. The first-order valence-corrected chi connectivity index (χ1v) is 11.0. The van der Waals surface area contributed by atoms with Gasteiger partial charge in [0.15, 0.2) is 0 Å². The number of pyridine rings is 2. The Morgan fingerprint density at radius 3 is 2.58 bits per heavy atom. The van der Waals surface area contributed by atoms with Gasteiger partial charge in [-0.15, -0.1) is 0 Å². The number of rotatable bonds is 6. The number of anilines is 3. The highest BCUT2D eigenvalue weighted by Gasteiger charge is 2.26. The molecule has 1 fully saturated rings. The smallest absolute Gasteiger partial charge is 0.354 e. The number of hydrogen-bond donors (Lipinski definition) is 2. The second-order valence-corrected chi connectivity index (χ2v) is 8.30. The number of nitrogens with one attached hydrogen (secondary N) is 1. The molecule has 0 aliphatic carbocycles. The molecule has 170 valence electrons. The van der Waals surface area contributed by atoms with Gasteiger partial charge in [0.1, 0.15) is 11.5 Å². The standard InChI is InChI=1S/C24H24ClN5O3/c1-29(17-9-12-30(13-10-17)18-8-11-26-20(14-18)24(32)33)21-5-3-2-4-19(21)23(31)28-22-7-6-16(25)15-27-22/h2-8,11,14-15,17H,9-10,12-13H2,1H3,(H,32,33)(H,27,28,31). The SMILES string of the molecule is CN(c1ccccc1C(=O)Nc1ccc(Cl)cn1)C1CCN(c2ccnc(C(=O)O)c2)CC1. The summed E-state index contributed by atoms with van der Waals surface area (Å²) < 4.78 is 0. The average molecular weight is 466 g/mol. The molecule has 9 heteroatoms. The molecular formula is C24H24ClN5O3. The van der Waals surface area contributed by atoms with Crippen molar-refractivity contribution in [2.45, 2.75) is 18.9 Å². The van der Waals surface area contributed by atoms with Gasteiger partial charge in [-0.1, -0.05) is 23.7 Å². The van der Waals surface area contributed by atoms with Crippen LogP contribution in [-0.4, -0.2) is 53.1 Å². The van der Waals surface area contributed by atoms with Crippen molar-refractivity contribution in [1.82, 2.24) is 9.97 Å². The van der Waals surface area contributed by atoms with Crippen molar-refractivity contribution in [3.63, 3.8) is 0 Å². The summed E-state index contributed by atoms with van der Waals surface area (Å²) in [5.41, 5.74) is 2.32. The van der Waals surface area contributed by atoms with Crippen LogP contribution in [-0.2, 0) is 0 Å². The van der Waals surface area contributed by atoms with Gasteiger partial charge in [-0.05, 0) is 49.2 Å². The van der Waals surface area contributed by atoms with E-state index in [0.29, 0.717) is 16.4 Å². The molecule has 1 saturated heterocycles. The number of para-hydroxylation sites is 1. The highest BCUT2D eigenvalue weighted by atomic mass is 35.5. The Kier molecular flexibility index (Phi) is 6.74. The number of aromatic nitrogens is 2. The largest absolute Gasteiger partial charge is 0.477 e. The molecule has 1 aliphatic rings. The number of carboxylic acids is 1. The minimum atomic E-state index is -1.03. The Labute approximate surface area is 196 Å². The fraction of sp³-hybridized carbons (Fsp3) is 0.250. The van der Waals surface area contributed by atoms with Crippen molar-refractivity contribution in [1.29, 1.82) is 0 Å². The molecule has 1 aromatic carbocycles. The van der Waals surface area contributed by atoms with Crippen LogP contribution in [0.1, 0.15) is 33.7 Å². The molecule has 2 N–H and O–H groups in total. The van der Waals surface area contributed by atoms with Crippen molar-refractivity contribution in [3.8, 4) is 0 Å². The fourth-order valence-electron chi connectivity index (χ4n) is 4.05. The third-order valence-electron chi connectivity index (χ3n) is 5.84. The molecule has 1 amide bonds. The van der Waals surface area contributed by atoms with Crippen LogP contribution in [0.15, 0.2) is 60.9 Å². The number of piperidine rings is 1. The number of hydrogen-bond acceptors (Lipinski definition) is 6. The minimum Gasteiger partial charge on any atom is -0.477 e. The Bertz CT molecular complexity index is 1150. The topological polar surface area (TPSA) is 98.7 Å². The molecule has 0 bridgehead atoms. The van der Waals surface area contributed by atoms with Crippen LogP contribution in [0.3, 0.4) is 0 Å². The molecule has 0 radical (unpaired) electrons. The molecule has 3 aromatic rings. The Balaban J connectivity index is 1.44. The molecule has 33 heavy (non-hydrogen) atoms. The van der Waals surface area contributed by atoms with E-state index in [0.717, 1.165) is 37.3 Å². The average Bonchev–Trinajstić information content (AvgIpc) is 2.85. The lowest BCUT2D eigenvalue weighted by atomic mass is 10.0. The van der Waals surface area contributed by atoms with Crippen molar-refractivity contribution >= 4 is 40.7 Å². The van der Waals surface area contributed by atoms with Crippen LogP contribution < -0.4 is 15.1 Å². The van der Waals surface area contributed by atoms with E-state index < -0.39 is 5.97 Å². The summed E-state index contributed by atoms with van der Waals surface area (Å²) in [6.45, 7) is 1.56. The van der Waals surface area contributed by atoms with Crippen LogP contribution in [0.2, 0.25) is 5.02 Å². The third-order valence-corrected chi connectivity index (χ3v) is 6.06. The second-order valence-electron chi connectivity index (χ2n) is 7.87. The first kappa shape index (κ1) is 22.5. The first-order chi connectivity index (χ1) is 15.9. The van der Waals surface area contributed by atoms with Gasteiger partial charge in [-0.25, -0.2) is 14.8 Å². The van der Waals surface area contributed by atoms with Gasteiger partial charge in [0.25, 0.3) is 5.91 Å². The number of carbonyl (C=O) groups is 2. The maximum absolute atomic E-state index is 13.0. The van der Waals surface area contributed by atoms with E-state index in [2.05, 4.69) is 25.1 Å². The predicted molar refractivity (Wildman–Crippen MR) is 128 cm³/mol. The summed E-state index contributed by atoms with van der Waals surface area (Å²) in [5, 5.41) is 12.5.